The second kappa shape index (κ2) is 5.57. The molecule has 4 nitrogen and oxygen atoms in total. The fourth-order valence-corrected chi connectivity index (χ4v) is 5.27. The second-order valence-corrected chi connectivity index (χ2v) is 8.04. The molecule has 7 heteroatoms. The van der Waals surface area contributed by atoms with Crippen LogP contribution in [0.15, 0.2) is 35.2 Å². The fraction of sp³-hybridized carbons (Fsp3) is 0.333. The highest BCUT2D eigenvalue weighted by Crippen LogP contribution is 2.36. The summed E-state index contributed by atoms with van der Waals surface area (Å²) >= 11 is 12.1. The third-order valence-corrected chi connectivity index (χ3v) is 7.08. The van der Waals surface area contributed by atoms with Crippen LogP contribution in [-0.2, 0) is 16.6 Å². The second-order valence-electron chi connectivity index (χ2n) is 5.39. The van der Waals surface area contributed by atoms with Crippen LogP contribution in [0.25, 0.3) is 0 Å². The van der Waals surface area contributed by atoms with Crippen LogP contribution in [0.3, 0.4) is 0 Å². The molecule has 0 N–H and O–H groups in total. The van der Waals surface area contributed by atoms with Gasteiger partial charge in [0.2, 0.25) is 10.0 Å². The molecule has 1 aliphatic rings. The largest absolute Gasteiger partial charge is 0.346 e. The van der Waals surface area contributed by atoms with Crippen molar-refractivity contribution in [3.8, 4) is 0 Å². The standard InChI is InChI=1S/C15H16Cl2N2O2S/c1-10-6-7-13-11(2)19(9-8-18(10)13)22(20,21)14-5-3-4-12(16)15(14)17/h3-7,11H,8-9H2,1-2H3/t11-/m0/s1. The lowest BCUT2D eigenvalue weighted by molar-refractivity contribution is 0.280. The molecule has 1 atom stereocenters. The van der Waals surface area contributed by atoms with Gasteiger partial charge in [-0.2, -0.15) is 4.31 Å². The maximum atomic E-state index is 13.0. The number of halogens is 2. The van der Waals surface area contributed by atoms with E-state index in [4.69, 9.17) is 23.2 Å². The lowest BCUT2D eigenvalue weighted by Crippen LogP contribution is -2.41. The summed E-state index contributed by atoms with van der Waals surface area (Å²) in [5, 5.41) is 0.320. The van der Waals surface area contributed by atoms with Crippen molar-refractivity contribution in [2.24, 2.45) is 0 Å². The van der Waals surface area contributed by atoms with Crippen molar-refractivity contribution in [3.63, 3.8) is 0 Å². The number of rotatable bonds is 2. The Bertz CT molecular complexity index is 830. The highest BCUT2D eigenvalue weighted by molar-refractivity contribution is 7.89. The van der Waals surface area contributed by atoms with Gasteiger partial charge >= 0.3 is 0 Å². The average Bonchev–Trinajstić information content (AvgIpc) is 2.84. The zero-order valence-electron chi connectivity index (χ0n) is 12.3. The van der Waals surface area contributed by atoms with E-state index in [-0.39, 0.29) is 21.0 Å². The van der Waals surface area contributed by atoms with Crippen LogP contribution in [-0.4, -0.2) is 23.8 Å². The van der Waals surface area contributed by atoms with E-state index in [0.717, 1.165) is 11.4 Å². The maximum Gasteiger partial charge on any atom is 0.245 e. The molecule has 22 heavy (non-hydrogen) atoms. The summed E-state index contributed by atoms with van der Waals surface area (Å²) < 4.78 is 29.6. The summed E-state index contributed by atoms with van der Waals surface area (Å²) in [6, 6.07) is 8.41. The van der Waals surface area contributed by atoms with E-state index in [1.165, 1.54) is 10.4 Å². The van der Waals surface area contributed by atoms with Crippen molar-refractivity contribution in [1.29, 1.82) is 0 Å². The van der Waals surface area contributed by atoms with E-state index >= 15 is 0 Å². The van der Waals surface area contributed by atoms with Crippen LogP contribution in [0.2, 0.25) is 10.0 Å². The third-order valence-electron chi connectivity index (χ3n) is 4.14. The highest BCUT2D eigenvalue weighted by atomic mass is 35.5. The van der Waals surface area contributed by atoms with Crippen molar-refractivity contribution in [3.05, 3.63) is 51.8 Å². The summed E-state index contributed by atoms with van der Waals surface area (Å²) in [6.07, 6.45) is 0. The minimum Gasteiger partial charge on any atom is -0.346 e. The molecule has 0 aliphatic carbocycles. The number of aryl methyl sites for hydroxylation is 1. The smallest absolute Gasteiger partial charge is 0.245 e. The average molecular weight is 359 g/mol. The van der Waals surface area contributed by atoms with Gasteiger partial charge in [-0.05, 0) is 38.1 Å². The molecule has 2 aromatic rings. The quantitative estimate of drug-likeness (QED) is 0.817. The molecular weight excluding hydrogens is 343 g/mol. The number of aromatic nitrogens is 1. The molecule has 0 fully saturated rings. The van der Waals surface area contributed by atoms with Gasteiger partial charge in [0.1, 0.15) is 4.90 Å². The minimum atomic E-state index is -3.69. The minimum absolute atomic E-state index is 0.0604. The van der Waals surface area contributed by atoms with Gasteiger partial charge in [0.05, 0.1) is 16.1 Å². The summed E-state index contributed by atoms with van der Waals surface area (Å²) in [7, 11) is -3.69. The van der Waals surface area contributed by atoms with Gasteiger partial charge in [-0.1, -0.05) is 29.3 Å². The number of sulfonamides is 1. The van der Waals surface area contributed by atoms with E-state index in [9.17, 15) is 8.42 Å². The van der Waals surface area contributed by atoms with Gasteiger partial charge < -0.3 is 4.57 Å². The Balaban J connectivity index is 2.06. The van der Waals surface area contributed by atoms with Gasteiger partial charge in [-0.3, -0.25) is 0 Å². The van der Waals surface area contributed by atoms with Crippen molar-refractivity contribution >= 4 is 33.2 Å². The molecule has 0 saturated heterocycles. The molecule has 0 saturated carbocycles. The van der Waals surface area contributed by atoms with Crippen molar-refractivity contribution in [1.82, 2.24) is 8.87 Å². The van der Waals surface area contributed by atoms with Crippen molar-refractivity contribution < 1.29 is 8.42 Å². The Morgan fingerprint density at radius 1 is 1.14 bits per heavy atom. The van der Waals surface area contributed by atoms with Gasteiger partial charge in [-0.25, -0.2) is 8.42 Å². The van der Waals surface area contributed by atoms with E-state index in [2.05, 4.69) is 4.57 Å². The van der Waals surface area contributed by atoms with Crippen LogP contribution in [0, 0.1) is 6.92 Å². The number of hydrogen-bond acceptors (Lipinski definition) is 2. The van der Waals surface area contributed by atoms with Crippen molar-refractivity contribution in [2.75, 3.05) is 6.54 Å². The molecule has 3 rings (SSSR count). The molecule has 0 amide bonds. The molecule has 0 unspecified atom stereocenters. The van der Waals surface area contributed by atoms with Gasteiger partial charge in [-0.15, -0.1) is 0 Å². The Kier molecular flexibility index (Phi) is 4.01. The third kappa shape index (κ3) is 2.36. The number of fused-ring (bicyclic) bond motifs is 1. The molecule has 0 radical (unpaired) electrons. The summed E-state index contributed by atoms with van der Waals surface area (Å²) in [4.78, 5) is 0.0604. The molecule has 0 bridgehead atoms. The predicted octanol–water partition coefficient (Wildman–Crippen LogP) is 3.87. The Morgan fingerprint density at radius 3 is 2.59 bits per heavy atom. The van der Waals surface area contributed by atoms with E-state index in [0.29, 0.717) is 13.1 Å². The number of nitrogens with zero attached hydrogens (tertiary/aromatic N) is 2. The Morgan fingerprint density at radius 2 is 1.86 bits per heavy atom. The number of benzene rings is 1. The molecule has 1 aromatic carbocycles. The lowest BCUT2D eigenvalue weighted by Gasteiger charge is -2.34. The Hall–Kier alpha value is -1.01. The first-order valence-corrected chi connectivity index (χ1v) is 9.15. The van der Waals surface area contributed by atoms with E-state index < -0.39 is 10.0 Å². The topological polar surface area (TPSA) is 42.3 Å². The van der Waals surface area contributed by atoms with Crippen LogP contribution < -0.4 is 0 Å². The SMILES string of the molecule is Cc1ccc2n1CCN(S(=O)(=O)c1cccc(Cl)c1Cl)[C@H]2C. The summed E-state index contributed by atoms with van der Waals surface area (Å²) in [5.41, 5.74) is 2.13. The lowest BCUT2D eigenvalue weighted by atomic mass is 10.2. The van der Waals surface area contributed by atoms with Crippen LogP contribution in [0.5, 0.6) is 0 Å². The van der Waals surface area contributed by atoms with Crippen LogP contribution >= 0.6 is 23.2 Å². The number of hydrogen-bond donors (Lipinski definition) is 0. The fourth-order valence-electron chi connectivity index (χ4n) is 2.94. The van der Waals surface area contributed by atoms with E-state index in [1.807, 2.05) is 26.0 Å². The van der Waals surface area contributed by atoms with Crippen LogP contribution in [0.1, 0.15) is 24.4 Å². The normalized spacial score (nSPS) is 19.2. The Labute approximate surface area is 140 Å². The first-order valence-electron chi connectivity index (χ1n) is 6.96. The molecule has 118 valence electrons. The molecule has 2 heterocycles. The maximum absolute atomic E-state index is 13.0. The molecular formula is C15H16Cl2N2O2S. The van der Waals surface area contributed by atoms with Gasteiger partial charge in [0.25, 0.3) is 0 Å². The summed E-state index contributed by atoms with van der Waals surface area (Å²) in [5.74, 6) is 0. The molecule has 0 spiro atoms. The highest BCUT2D eigenvalue weighted by Gasteiger charge is 2.35. The van der Waals surface area contributed by atoms with E-state index in [1.54, 1.807) is 12.1 Å². The van der Waals surface area contributed by atoms with Crippen LogP contribution in [0.4, 0.5) is 0 Å². The predicted molar refractivity (Wildman–Crippen MR) is 87.9 cm³/mol. The first-order chi connectivity index (χ1) is 10.3. The molecule has 1 aromatic heterocycles. The zero-order chi connectivity index (χ0) is 16.1. The zero-order valence-corrected chi connectivity index (χ0v) is 14.6. The van der Waals surface area contributed by atoms with Gasteiger partial charge in [0, 0.05) is 24.5 Å². The van der Waals surface area contributed by atoms with Crippen molar-refractivity contribution in [2.45, 2.75) is 31.3 Å². The molecule has 1 aliphatic heterocycles. The first kappa shape index (κ1) is 15.9. The van der Waals surface area contributed by atoms with Gasteiger partial charge in [0.15, 0.2) is 0 Å². The summed E-state index contributed by atoms with van der Waals surface area (Å²) in [6.45, 7) is 4.96. The monoisotopic (exact) mass is 358 g/mol.